The highest BCUT2D eigenvalue weighted by atomic mass is 32.2. The zero-order valence-corrected chi connectivity index (χ0v) is 46.2. The number of aliphatic hydroxyl groups excluding tert-OH is 3. The number of hydrogen-bond acceptors (Lipinski definition) is 11. The minimum Gasteiger partial charge on any atom is -0.462 e. The smallest absolute Gasteiger partial charge is 0.306 e. The highest BCUT2D eigenvalue weighted by Gasteiger charge is 2.46. The molecule has 0 aromatic heterocycles. The Morgan fingerprint density at radius 3 is 1.24 bits per heavy atom. The van der Waals surface area contributed by atoms with Crippen molar-refractivity contribution >= 4 is 22.1 Å². The predicted octanol–water partition coefficient (Wildman–Crippen LogP) is 14.3. The van der Waals surface area contributed by atoms with E-state index in [4.69, 9.17) is 18.9 Å². The highest BCUT2D eigenvalue weighted by Crippen LogP contribution is 2.24. The van der Waals surface area contributed by atoms with Gasteiger partial charge in [0.1, 0.15) is 36.8 Å². The number of rotatable bonds is 51. The Labute approximate surface area is 434 Å². The second kappa shape index (κ2) is 47.8. The molecule has 0 amide bonds. The van der Waals surface area contributed by atoms with E-state index < -0.39 is 71.2 Å². The van der Waals surface area contributed by atoms with Crippen molar-refractivity contribution in [2.75, 3.05) is 19.0 Å². The largest absolute Gasteiger partial charge is 0.462 e. The van der Waals surface area contributed by atoms with Gasteiger partial charge in [-0.05, 0) is 44.9 Å². The first kappa shape index (κ1) is 67.1. The van der Waals surface area contributed by atoms with Crippen LogP contribution in [-0.4, -0.2) is 96.0 Å². The van der Waals surface area contributed by atoms with Crippen LogP contribution >= 0.6 is 0 Å². The predicted molar refractivity (Wildman–Crippen MR) is 289 cm³/mol. The van der Waals surface area contributed by atoms with E-state index in [1.807, 2.05) is 0 Å². The zero-order valence-electron chi connectivity index (χ0n) is 45.3. The average Bonchev–Trinajstić information content (AvgIpc) is 3.34. The summed E-state index contributed by atoms with van der Waals surface area (Å²) in [5.41, 5.74) is 0. The summed E-state index contributed by atoms with van der Waals surface area (Å²) >= 11 is 0. The topological polar surface area (TPSA) is 186 Å². The molecule has 1 saturated heterocycles. The third kappa shape index (κ3) is 42.1. The molecule has 0 aliphatic carbocycles. The number of ether oxygens (including phenoxy) is 4. The average molecular weight is 1030 g/mol. The van der Waals surface area contributed by atoms with Gasteiger partial charge in [-0.25, -0.2) is 0 Å². The van der Waals surface area contributed by atoms with E-state index in [1.54, 1.807) is 0 Å². The lowest BCUT2D eigenvalue weighted by Gasteiger charge is -2.40. The molecule has 6 atom stereocenters. The lowest BCUT2D eigenvalue weighted by molar-refractivity contribution is -0.297. The van der Waals surface area contributed by atoms with Gasteiger partial charge < -0.3 is 34.3 Å². The van der Waals surface area contributed by atoms with Crippen LogP contribution in [0.4, 0.5) is 0 Å². The maximum absolute atomic E-state index is 12.9. The second-order valence-electron chi connectivity index (χ2n) is 20.7. The van der Waals surface area contributed by atoms with Gasteiger partial charge in [0, 0.05) is 12.8 Å². The molecular formula is C58H108O12S. The number of aliphatic hydroxyl groups is 3. The molecule has 1 aliphatic heterocycles. The molecule has 1 aliphatic rings. The molecule has 4 N–H and O–H groups in total. The molecule has 0 aromatic carbocycles. The summed E-state index contributed by atoms with van der Waals surface area (Å²) < 4.78 is 54.4. The molecule has 1 rings (SSSR count). The lowest BCUT2D eigenvalue weighted by atomic mass is 10.00. The fraction of sp³-hybridized carbons (Fsp3) is 0.897. The maximum Gasteiger partial charge on any atom is 0.306 e. The van der Waals surface area contributed by atoms with E-state index in [2.05, 4.69) is 38.2 Å². The first-order chi connectivity index (χ1) is 34.5. The van der Waals surface area contributed by atoms with Crippen molar-refractivity contribution in [1.82, 2.24) is 0 Å². The molecule has 1 heterocycles. The van der Waals surface area contributed by atoms with E-state index >= 15 is 0 Å². The Bertz CT molecular complexity index is 1390. The first-order valence-corrected chi connectivity index (χ1v) is 31.0. The fourth-order valence-electron chi connectivity index (χ4n) is 9.24. The minimum atomic E-state index is -4.61. The summed E-state index contributed by atoms with van der Waals surface area (Å²) in [4.78, 5) is 25.6. The van der Waals surface area contributed by atoms with E-state index in [0.717, 1.165) is 51.4 Å². The Hall–Kier alpha value is -1.87. The van der Waals surface area contributed by atoms with Crippen LogP contribution in [0.3, 0.4) is 0 Å². The first-order valence-electron chi connectivity index (χ1n) is 29.4. The number of carbonyl (C=O) groups is 2. The molecule has 0 saturated carbocycles. The van der Waals surface area contributed by atoms with Crippen molar-refractivity contribution in [2.45, 2.75) is 314 Å². The number of hydrogen-bond donors (Lipinski definition) is 4. The van der Waals surface area contributed by atoms with Crippen LogP contribution in [0.1, 0.15) is 277 Å². The van der Waals surface area contributed by atoms with Gasteiger partial charge in [-0.15, -0.1) is 0 Å². The Kier molecular flexibility index (Phi) is 45.2. The SMILES string of the molecule is CCCCCCC/C=C\C/C=C\CCCCCCCCCCCC(=O)OC(COC(=O)CCCCCCCCCCCCCCCCCCCCCCCC)COC1OC(CS(=O)(=O)O)C(O)C(O)C1O. The number of esters is 2. The Morgan fingerprint density at radius 1 is 0.479 bits per heavy atom. The van der Waals surface area contributed by atoms with Crippen molar-refractivity contribution in [3.63, 3.8) is 0 Å². The van der Waals surface area contributed by atoms with E-state index in [1.165, 1.54) is 186 Å². The summed E-state index contributed by atoms with van der Waals surface area (Å²) in [7, 11) is -4.61. The van der Waals surface area contributed by atoms with Crippen LogP contribution in [0.2, 0.25) is 0 Å². The monoisotopic (exact) mass is 1030 g/mol. The number of unbranched alkanes of at least 4 members (excludes halogenated alkanes) is 35. The Morgan fingerprint density at radius 2 is 0.845 bits per heavy atom. The van der Waals surface area contributed by atoms with Crippen molar-refractivity contribution in [1.29, 1.82) is 0 Å². The van der Waals surface area contributed by atoms with Crippen molar-refractivity contribution < 1.29 is 56.8 Å². The molecule has 12 nitrogen and oxygen atoms in total. The van der Waals surface area contributed by atoms with E-state index in [0.29, 0.717) is 12.8 Å². The summed E-state index contributed by atoms with van der Waals surface area (Å²) in [5, 5.41) is 31.1. The van der Waals surface area contributed by atoms with Crippen LogP contribution in [-0.2, 0) is 38.7 Å². The van der Waals surface area contributed by atoms with Crippen LogP contribution in [0.15, 0.2) is 24.3 Å². The van der Waals surface area contributed by atoms with Gasteiger partial charge in [-0.3, -0.25) is 14.1 Å². The molecule has 418 valence electrons. The quantitative estimate of drug-likeness (QED) is 0.0196. The molecule has 1 fully saturated rings. The molecule has 0 aromatic rings. The molecule has 0 radical (unpaired) electrons. The van der Waals surface area contributed by atoms with Crippen LogP contribution in [0.5, 0.6) is 0 Å². The van der Waals surface area contributed by atoms with Gasteiger partial charge in [-0.2, -0.15) is 8.42 Å². The molecule has 0 spiro atoms. The van der Waals surface area contributed by atoms with Crippen molar-refractivity contribution in [2.24, 2.45) is 0 Å². The molecule has 0 bridgehead atoms. The van der Waals surface area contributed by atoms with Gasteiger partial charge in [0.2, 0.25) is 0 Å². The van der Waals surface area contributed by atoms with Crippen molar-refractivity contribution in [3.05, 3.63) is 24.3 Å². The van der Waals surface area contributed by atoms with Gasteiger partial charge in [0.25, 0.3) is 10.1 Å². The summed E-state index contributed by atoms with van der Waals surface area (Å²) in [6.07, 6.45) is 47.9. The number of allylic oxidation sites excluding steroid dienone is 4. The van der Waals surface area contributed by atoms with E-state index in [9.17, 15) is 37.9 Å². The maximum atomic E-state index is 12.9. The van der Waals surface area contributed by atoms with Gasteiger partial charge in [0.05, 0.1) is 6.61 Å². The second-order valence-corrected chi connectivity index (χ2v) is 22.2. The van der Waals surface area contributed by atoms with Gasteiger partial charge in [-0.1, -0.05) is 244 Å². The molecular weight excluding hydrogens is 921 g/mol. The van der Waals surface area contributed by atoms with Crippen LogP contribution in [0, 0.1) is 0 Å². The summed E-state index contributed by atoms with van der Waals surface area (Å²) in [6, 6.07) is 0. The molecule has 13 heteroatoms. The fourth-order valence-corrected chi connectivity index (χ4v) is 9.93. The Balaban J connectivity index is 2.30. The standard InChI is InChI=1S/C58H108O12S/c1-3-5-7-9-11-13-15-17-19-21-23-25-27-28-30-32-34-36-38-40-42-44-46-53(59)67-48-51(49-68-58-57(63)56(62)55(61)52(70-58)50-71(64,65)66)69-54(60)47-45-43-41-39-37-35-33-31-29-26-24-22-20-18-16-14-12-10-8-6-4-2/h16,18,22,24,51-52,55-58,61-63H,3-15,17,19-21,23,25-50H2,1-2H3,(H,64,65,66)/b18-16-,24-22-. The highest BCUT2D eigenvalue weighted by molar-refractivity contribution is 7.85. The minimum absolute atomic E-state index is 0.163. The van der Waals surface area contributed by atoms with Gasteiger partial charge in [0.15, 0.2) is 12.4 Å². The van der Waals surface area contributed by atoms with E-state index in [-0.39, 0.29) is 19.4 Å². The van der Waals surface area contributed by atoms with Crippen LogP contribution in [0.25, 0.3) is 0 Å². The zero-order chi connectivity index (χ0) is 51.9. The molecule has 71 heavy (non-hydrogen) atoms. The summed E-state index contributed by atoms with van der Waals surface area (Å²) in [6.45, 7) is 3.81. The van der Waals surface area contributed by atoms with Crippen molar-refractivity contribution in [3.8, 4) is 0 Å². The third-order valence-corrected chi connectivity index (χ3v) is 14.5. The molecule has 6 unspecified atom stereocenters. The summed E-state index contributed by atoms with van der Waals surface area (Å²) in [5.74, 6) is -1.97. The lowest BCUT2D eigenvalue weighted by Crippen LogP contribution is -2.60. The number of carbonyl (C=O) groups excluding carboxylic acids is 2. The normalized spacial score (nSPS) is 19.0. The van der Waals surface area contributed by atoms with Gasteiger partial charge >= 0.3 is 11.9 Å². The third-order valence-electron chi connectivity index (χ3n) is 13.8. The van der Waals surface area contributed by atoms with Crippen LogP contribution < -0.4 is 0 Å².